The standard InChI is InChI=1S/C19H29N3O/c1-14-3-8-17(18(11-14)23-13-16-6-7-16)12-22-19(20-2)21-10-9-15-4-5-15/h3,8,11,15-16H,4-7,9-10,12-13H2,1-2H3,(H2,20,21,22). The molecule has 4 heteroatoms. The van der Waals surface area contributed by atoms with Crippen LogP contribution in [0.15, 0.2) is 23.2 Å². The van der Waals surface area contributed by atoms with Gasteiger partial charge in [-0.3, -0.25) is 4.99 Å². The van der Waals surface area contributed by atoms with E-state index in [9.17, 15) is 0 Å². The number of guanidine groups is 1. The van der Waals surface area contributed by atoms with Crippen LogP contribution < -0.4 is 15.4 Å². The first-order valence-corrected chi connectivity index (χ1v) is 8.91. The summed E-state index contributed by atoms with van der Waals surface area (Å²) in [5, 5.41) is 6.80. The van der Waals surface area contributed by atoms with E-state index < -0.39 is 0 Å². The van der Waals surface area contributed by atoms with Crippen LogP contribution in [0.5, 0.6) is 5.75 Å². The fourth-order valence-electron chi connectivity index (χ4n) is 2.64. The molecule has 2 saturated carbocycles. The zero-order chi connectivity index (χ0) is 16.1. The van der Waals surface area contributed by atoms with Crippen LogP contribution in [0.2, 0.25) is 0 Å². The molecule has 0 atom stereocenters. The van der Waals surface area contributed by atoms with Crippen LogP contribution in [-0.4, -0.2) is 26.2 Å². The fraction of sp³-hybridized carbons (Fsp3) is 0.632. The van der Waals surface area contributed by atoms with E-state index in [1.807, 2.05) is 7.05 Å². The third-order valence-electron chi connectivity index (χ3n) is 4.61. The second-order valence-electron chi connectivity index (χ2n) is 6.95. The summed E-state index contributed by atoms with van der Waals surface area (Å²) in [5.74, 6) is 3.60. The highest BCUT2D eigenvalue weighted by Gasteiger charge is 2.22. The third-order valence-corrected chi connectivity index (χ3v) is 4.61. The Hall–Kier alpha value is -1.71. The molecule has 2 aliphatic rings. The van der Waals surface area contributed by atoms with Gasteiger partial charge in [0.1, 0.15) is 5.75 Å². The highest BCUT2D eigenvalue weighted by Crippen LogP contribution is 2.32. The van der Waals surface area contributed by atoms with E-state index in [0.717, 1.165) is 43.2 Å². The van der Waals surface area contributed by atoms with Crippen LogP contribution in [0.3, 0.4) is 0 Å². The van der Waals surface area contributed by atoms with Gasteiger partial charge in [-0.15, -0.1) is 0 Å². The van der Waals surface area contributed by atoms with E-state index in [0.29, 0.717) is 0 Å². The lowest BCUT2D eigenvalue weighted by atomic mass is 10.1. The van der Waals surface area contributed by atoms with Crippen LogP contribution >= 0.6 is 0 Å². The molecule has 0 bridgehead atoms. The number of aliphatic imine (C=N–C) groups is 1. The quantitative estimate of drug-likeness (QED) is 0.572. The number of nitrogens with one attached hydrogen (secondary N) is 2. The van der Waals surface area contributed by atoms with E-state index in [1.165, 1.54) is 43.2 Å². The van der Waals surface area contributed by atoms with Crippen molar-refractivity contribution in [3.05, 3.63) is 29.3 Å². The van der Waals surface area contributed by atoms with E-state index in [4.69, 9.17) is 4.74 Å². The van der Waals surface area contributed by atoms with Gasteiger partial charge in [-0.1, -0.05) is 25.0 Å². The van der Waals surface area contributed by atoms with Crippen LogP contribution in [0, 0.1) is 18.8 Å². The molecule has 1 aromatic carbocycles. The highest BCUT2D eigenvalue weighted by molar-refractivity contribution is 5.79. The number of nitrogens with zero attached hydrogens (tertiary/aromatic N) is 1. The molecule has 2 aliphatic carbocycles. The predicted octanol–water partition coefficient (Wildman–Crippen LogP) is 3.25. The minimum Gasteiger partial charge on any atom is -0.493 e. The number of ether oxygens (including phenoxy) is 1. The van der Waals surface area contributed by atoms with Gasteiger partial charge < -0.3 is 15.4 Å². The van der Waals surface area contributed by atoms with E-state index in [1.54, 1.807) is 0 Å². The van der Waals surface area contributed by atoms with Crippen molar-refractivity contribution in [3.63, 3.8) is 0 Å². The van der Waals surface area contributed by atoms with Crippen molar-refractivity contribution < 1.29 is 4.74 Å². The smallest absolute Gasteiger partial charge is 0.191 e. The van der Waals surface area contributed by atoms with Crippen LogP contribution in [0.1, 0.15) is 43.2 Å². The molecule has 0 aliphatic heterocycles. The van der Waals surface area contributed by atoms with Gasteiger partial charge in [0.05, 0.1) is 6.61 Å². The van der Waals surface area contributed by atoms with Crippen LogP contribution in [0.4, 0.5) is 0 Å². The maximum Gasteiger partial charge on any atom is 0.191 e. The van der Waals surface area contributed by atoms with E-state index in [2.05, 4.69) is 40.7 Å². The topological polar surface area (TPSA) is 45.7 Å². The molecule has 23 heavy (non-hydrogen) atoms. The van der Waals surface area contributed by atoms with E-state index >= 15 is 0 Å². The van der Waals surface area contributed by atoms with Crippen molar-refractivity contribution >= 4 is 5.96 Å². The van der Waals surface area contributed by atoms with Gasteiger partial charge in [0.25, 0.3) is 0 Å². The molecular weight excluding hydrogens is 286 g/mol. The Kier molecular flexibility index (Phi) is 5.42. The van der Waals surface area contributed by atoms with Crippen molar-refractivity contribution in [2.75, 3.05) is 20.2 Å². The van der Waals surface area contributed by atoms with E-state index in [-0.39, 0.29) is 0 Å². The van der Waals surface area contributed by atoms with Gasteiger partial charge in [0.2, 0.25) is 0 Å². The minimum atomic E-state index is 0.739. The van der Waals surface area contributed by atoms with Gasteiger partial charge in [0.15, 0.2) is 5.96 Å². The second kappa shape index (κ2) is 7.71. The Morgan fingerprint density at radius 2 is 1.96 bits per heavy atom. The maximum absolute atomic E-state index is 6.03. The Bertz CT molecular complexity index is 548. The summed E-state index contributed by atoms with van der Waals surface area (Å²) >= 11 is 0. The molecule has 2 fully saturated rings. The van der Waals surface area contributed by atoms with Crippen LogP contribution in [0.25, 0.3) is 0 Å². The summed E-state index contributed by atoms with van der Waals surface area (Å²) < 4.78 is 6.03. The average molecular weight is 315 g/mol. The zero-order valence-corrected chi connectivity index (χ0v) is 14.4. The number of benzene rings is 1. The molecule has 1 aromatic rings. The van der Waals surface area contributed by atoms with Gasteiger partial charge in [0, 0.05) is 25.7 Å². The highest BCUT2D eigenvalue weighted by atomic mass is 16.5. The summed E-state index contributed by atoms with van der Waals surface area (Å²) in [6.45, 7) is 4.71. The Morgan fingerprint density at radius 3 is 2.65 bits per heavy atom. The molecule has 0 radical (unpaired) electrons. The fourth-order valence-corrected chi connectivity index (χ4v) is 2.64. The van der Waals surface area contributed by atoms with Crippen molar-refractivity contribution in [3.8, 4) is 5.75 Å². The molecule has 0 amide bonds. The number of rotatable bonds is 8. The molecular formula is C19H29N3O. The lowest BCUT2D eigenvalue weighted by molar-refractivity contribution is 0.296. The predicted molar refractivity (Wildman–Crippen MR) is 94.9 cm³/mol. The minimum absolute atomic E-state index is 0.739. The molecule has 3 rings (SSSR count). The molecule has 0 saturated heterocycles. The first kappa shape index (κ1) is 16.2. The SMILES string of the molecule is CN=C(NCCC1CC1)NCc1ccc(C)cc1OCC1CC1. The maximum atomic E-state index is 6.03. The summed E-state index contributed by atoms with van der Waals surface area (Å²) in [6.07, 6.45) is 6.69. The molecule has 2 N–H and O–H groups in total. The number of hydrogen-bond acceptors (Lipinski definition) is 2. The summed E-state index contributed by atoms with van der Waals surface area (Å²) in [5.41, 5.74) is 2.44. The first-order chi connectivity index (χ1) is 11.2. The summed E-state index contributed by atoms with van der Waals surface area (Å²) in [7, 11) is 1.83. The molecule has 0 spiro atoms. The van der Waals surface area contributed by atoms with Gasteiger partial charge >= 0.3 is 0 Å². The monoisotopic (exact) mass is 315 g/mol. The Balaban J connectivity index is 1.50. The molecule has 0 aromatic heterocycles. The summed E-state index contributed by atoms with van der Waals surface area (Å²) in [6, 6.07) is 6.44. The first-order valence-electron chi connectivity index (χ1n) is 8.91. The van der Waals surface area contributed by atoms with Gasteiger partial charge in [-0.05, 0) is 49.7 Å². The van der Waals surface area contributed by atoms with Crippen LogP contribution in [-0.2, 0) is 6.54 Å². The number of hydrogen-bond donors (Lipinski definition) is 2. The largest absolute Gasteiger partial charge is 0.493 e. The summed E-state index contributed by atoms with van der Waals surface area (Å²) in [4.78, 5) is 4.31. The molecule has 4 nitrogen and oxygen atoms in total. The van der Waals surface area contributed by atoms with Gasteiger partial charge in [-0.25, -0.2) is 0 Å². The lowest BCUT2D eigenvalue weighted by Gasteiger charge is -2.15. The normalized spacial score (nSPS) is 17.9. The van der Waals surface area contributed by atoms with Crippen molar-refractivity contribution in [2.45, 2.75) is 45.6 Å². The van der Waals surface area contributed by atoms with Crippen molar-refractivity contribution in [2.24, 2.45) is 16.8 Å². The second-order valence-corrected chi connectivity index (χ2v) is 6.95. The third kappa shape index (κ3) is 5.45. The van der Waals surface area contributed by atoms with Crippen molar-refractivity contribution in [1.82, 2.24) is 10.6 Å². The molecule has 0 heterocycles. The molecule has 126 valence electrons. The Morgan fingerprint density at radius 1 is 1.17 bits per heavy atom. The zero-order valence-electron chi connectivity index (χ0n) is 14.4. The van der Waals surface area contributed by atoms with Crippen molar-refractivity contribution in [1.29, 1.82) is 0 Å². The number of aryl methyl sites for hydroxylation is 1. The average Bonchev–Trinajstić information content (AvgIpc) is 3.44. The lowest BCUT2D eigenvalue weighted by Crippen LogP contribution is -2.37. The van der Waals surface area contributed by atoms with Gasteiger partial charge in [-0.2, -0.15) is 0 Å². The molecule has 0 unspecified atom stereocenters. The Labute approximate surface area is 139 Å².